The third-order valence-electron chi connectivity index (χ3n) is 2.76. The summed E-state index contributed by atoms with van der Waals surface area (Å²) in [7, 11) is 1.54. The number of nitrogens with zero attached hydrogens (tertiary/aromatic N) is 3. The third kappa shape index (κ3) is 2.67. The largest absolute Gasteiger partial charge is 0.481 e. The maximum absolute atomic E-state index is 10.4. The van der Waals surface area contributed by atoms with Gasteiger partial charge in [0.2, 0.25) is 5.88 Å². The van der Waals surface area contributed by atoms with E-state index >= 15 is 0 Å². The molecule has 0 amide bonds. The molecule has 0 radical (unpaired) electrons. The smallest absolute Gasteiger partial charge is 0.329 e. The molecule has 98 valence electrons. The van der Waals surface area contributed by atoms with Crippen molar-refractivity contribution in [2.75, 3.05) is 31.7 Å². The Kier molecular flexibility index (Phi) is 3.33. The first-order chi connectivity index (χ1) is 8.52. The van der Waals surface area contributed by atoms with Crippen molar-refractivity contribution in [1.29, 1.82) is 0 Å². The lowest BCUT2D eigenvalue weighted by atomic mass is 9.96. The molecule has 0 aliphatic carbocycles. The zero-order valence-electron chi connectivity index (χ0n) is 10.3. The van der Waals surface area contributed by atoms with Crippen LogP contribution in [-0.2, 0) is 9.53 Å². The maximum atomic E-state index is 10.4. The molecular formula is C11H15N3O4. The molecule has 1 aromatic rings. The Bertz CT molecular complexity index is 446. The Hall–Kier alpha value is -1.89. The Morgan fingerprint density at radius 2 is 2.28 bits per heavy atom. The van der Waals surface area contributed by atoms with E-state index in [0.717, 1.165) is 5.82 Å². The fraction of sp³-hybridized carbons (Fsp3) is 0.545. The lowest BCUT2D eigenvalue weighted by molar-refractivity contribution is -0.150. The van der Waals surface area contributed by atoms with Gasteiger partial charge in [0.1, 0.15) is 24.4 Å². The summed E-state index contributed by atoms with van der Waals surface area (Å²) < 4.78 is 10.3. The van der Waals surface area contributed by atoms with E-state index in [0.29, 0.717) is 19.0 Å². The van der Waals surface area contributed by atoms with Crippen molar-refractivity contribution in [3.05, 3.63) is 12.4 Å². The van der Waals surface area contributed by atoms with Gasteiger partial charge in [-0.25, -0.2) is 14.8 Å². The summed E-state index contributed by atoms with van der Waals surface area (Å²) >= 11 is 0. The average molecular weight is 253 g/mol. The van der Waals surface area contributed by atoms with Crippen LogP contribution in [0.4, 0.5) is 5.82 Å². The molecule has 1 fully saturated rings. The fourth-order valence-electron chi connectivity index (χ4n) is 1.86. The summed E-state index contributed by atoms with van der Waals surface area (Å²) in [5.74, 6) is 0.289. The summed E-state index contributed by atoms with van der Waals surface area (Å²) in [6, 6.07) is 1.73. The first-order valence-corrected chi connectivity index (χ1v) is 5.49. The normalized spacial score (nSPS) is 17.1. The van der Waals surface area contributed by atoms with Crippen LogP contribution in [0.1, 0.15) is 6.92 Å². The zero-order chi connectivity index (χ0) is 13.2. The highest BCUT2D eigenvalue weighted by atomic mass is 16.5. The fourth-order valence-corrected chi connectivity index (χ4v) is 1.86. The topological polar surface area (TPSA) is 84.8 Å². The molecule has 2 heterocycles. The Morgan fingerprint density at radius 3 is 2.89 bits per heavy atom. The van der Waals surface area contributed by atoms with Crippen LogP contribution < -0.4 is 9.64 Å². The number of hydrogen-bond donors (Lipinski definition) is 1. The van der Waals surface area contributed by atoms with Crippen LogP contribution in [0.2, 0.25) is 0 Å². The standard InChI is InChI=1S/C11H15N3O4/c1-11(18-4-10(15)16)5-14(6-11)8-3-9(17-2)13-7-12-8/h3,7H,4-6H2,1-2H3,(H,15,16). The molecule has 1 saturated heterocycles. The summed E-state index contributed by atoms with van der Waals surface area (Å²) in [6.45, 7) is 2.79. The number of carboxylic acids is 1. The minimum Gasteiger partial charge on any atom is -0.481 e. The highest BCUT2D eigenvalue weighted by Gasteiger charge is 2.41. The van der Waals surface area contributed by atoms with Gasteiger partial charge in [-0.2, -0.15) is 0 Å². The molecule has 1 aliphatic heterocycles. The molecule has 0 unspecified atom stereocenters. The van der Waals surface area contributed by atoms with Crippen LogP contribution in [0, 0.1) is 0 Å². The van der Waals surface area contributed by atoms with E-state index in [1.54, 1.807) is 13.2 Å². The van der Waals surface area contributed by atoms with Crippen molar-refractivity contribution in [3.8, 4) is 5.88 Å². The van der Waals surface area contributed by atoms with Crippen molar-refractivity contribution in [2.45, 2.75) is 12.5 Å². The quantitative estimate of drug-likeness (QED) is 0.800. The minimum absolute atomic E-state index is 0.280. The van der Waals surface area contributed by atoms with Crippen LogP contribution >= 0.6 is 0 Å². The minimum atomic E-state index is -0.960. The first kappa shape index (κ1) is 12.6. The van der Waals surface area contributed by atoms with Gasteiger partial charge in [0.15, 0.2) is 0 Å². The molecule has 0 saturated carbocycles. The van der Waals surface area contributed by atoms with Crippen molar-refractivity contribution < 1.29 is 19.4 Å². The third-order valence-corrected chi connectivity index (χ3v) is 2.76. The number of carboxylic acid groups (broad SMARTS) is 1. The summed E-state index contributed by atoms with van der Waals surface area (Å²) in [4.78, 5) is 20.5. The van der Waals surface area contributed by atoms with Crippen LogP contribution in [0.25, 0.3) is 0 Å². The number of aromatic nitrogens is 2. The summed E-state index contributed by atoms with van der Waals surface area (Å²) in [5, 5.41) is 8.57. The second-order valence-corrected chi connectivity index (χ2v) is 4.41. The van der Waals surface area contributed by atoms with E-state index < -0.39 is 11.6 Å². The Balaban J connectivity index is 1.93. The van der Waals surface area contributed by atoms with Gasteiger partial charge in [-0.15, -0.1) is 0 Å². The summed E-state index contributed by atoms with van der Waals surface area (Å²) in [6.07, 6.45) is 1.43. The van der Waals surface area contributed by atoms with Gasteiger partial charge in [0, 0.05) is 19.2 Å². The average Bonchev–Trinajstić information content (AvgIpc) is 2.33. The molecular weight excluding hydrogens is 238 g/mol. The maximum Gasteiger partial charge on any atom is 0.329 e. The number of anilines is 1. The number of ether oxygens (including phenoxy) is 2. The van der Waals surface area contributed by atoms with Gasteiger partial charge in [-0.1, -0.05) is 0 Å². The Morgan fingerprint density at radius 1 is 1.56 bits per heavy atom. The van der Waals surface area contributed by atoms with E-state index in [9.17, 15) is 4.79 Å². The molecule has 0 aromatic carbocycles. The molecule has 1 aliphatic rings. The van der Waals surface area contributed by atoms with Crippen LogP contribution in [0.5, 0.6) is 5.88 Å². The number of aliphatic carboxylic acids is 1. The first-order valence-electron chi connectivity index (χ1n) is 5.49. The molecule has 2 rings (SSSR count). The lowest BCUT2D eigenvalue weighted by Gasteiger charge is -2.47. The molecule has 7 heteroatoms. The van der Waals surface area contributed by atoms with E-state index in [-0.39, 0.29) is 6.61 Å². The number of rotatable bonds is 5. The molecule has 0 bridgehead atoms. The van der Waals surface area contributed by atoms with E-state index in [1.165, 1.54) is 6.33 Å². The van der Waals surface area contributed by atoms with Gasteiger partial charge >= 0.3 is 5.97 Å². The van der Waals surface area contributed by atoms with Crippen LogP contribution in [0.15, 0.2) is 12.4 Å². The molecule has 1 N–H and O–H groups in total. The molecule has 18 heavy (non-hydrogen) atoms. The van der Waals surface area contributed by atoms with E-state index in [1.807, 2.05) is 11.8 Å². The second kappa shape index (κ2) is 4.77. The van der Waals surface area contributed by atoms with Crippen molar-refractivity contribution in [1.82, 2.24) is 9.97 Å². The van der Waals surface area contributed by atoms with Crippen molar-refractivity contribution in [2.24, 2.45) is 0 Å². The van der Waals surface area contributed by atoms with Gasteiger partial charge < -0.3 is 19.5 Å². The predicted molar refractivity (Wildman–Crippen MR) is 62.8 cm³/mol. The van der Waals surface area contributed by atoms with Gasteiger partial charge in [0.25, 0.3) is 0 Å². The highest BCUT2D eigenvalue weighted by molar-refractivity contribution is 5.68. The van der Waals surface area contributed by atoms with Crippen molar-refractivity contribution in [3.63, 3.8) is 0 Å². The summed E-state index contributed by atoms with van der Waals surface area (Å²) in [5.41, 5.74) is -0.434. The second-order valence-electron chi connectivity index (χ2n) is 4.41. The molecule has 1 aromatic heterocycles. The number of methoxy groups -OCH3 is 1. The van der Waals surface area contributed by atoms with Gasteiger partial charge in [0.05, 0.1) is 7.11 Å². The van der Waals surface area contributed by atoms with Gasteiger partial charge in [-0.3, -0.25) is 0 Å². The zero-order valence-corrected chi connectivity index (χ0v) is 10.3. The molecule has 0 atom stereocenters. The lowest BCUT2D eigenvalue weighted by Crippen LogP contribution is -2.62. The molecule has 0 spiro atoms. The van der Waals surface area contributed by atoms with Gasteiger partial charge in [-0.05, 0) is 6.92 Å². The van der Waals surface area contributed by atoms with E-state index in [2.05, 4.69) is 9.97 Å². The van der Waals surface area contributed by atoms with E-state index in [4.69, 9.17) is 14.6 Å². The monoisotopic (exact) mass is 253 g/mol. The highest BCUT2D eigenvalue weighted by Crippen LogP contribution is 2.29. The van der Waals surface area contributed by atoms with Crippen LogP contribution in [0.3, 0.4) is 0 Å². The predicted octanol–water partition coefficient (Wildman–Crippen LogP) is 0.165. The number of carbonyl (C=O) groups is 1. The Labute approximate surface area is 104 Å². The van der Waals surface area contributed by atoms with Crippen molar-refractivity contribution >= 4 is 11.8 Å². The van der Waals surface area contributed by atoms with Crippen LogP contribution in [-0.4, -0.2) is 53.5 Å². The SMILES string of the molecule is COc1cc(N2CC(C)(OCC(=O)O)C2)ncn1. The number of hydrogen-bond acceptors (Lipinski definition) is 6. The molecule has 7 nitrogen and oxygen atoms in total.